The number of anilines is 1. The largest absolute Gasteiger partial charge is 0.326 e. The summed E-state index contributed by atoms with van der Waals surface area (Å²) in [7, 11) is 0. The Balaban J connectivity index is 1.22. The molecular formula is C21H24N4O4S. The molecule has 1 aromatic carbocycles. The molecule has 8 nitrogen and oxygen atoms in total. The smallest absolute Gasteiger partial charge is 0.271 e. The van der Waals surface area contributed by atoms with Crippen molar-refractivity contribution in [2.24, 2.45) is 22.7 Å². The van der Waals surface area contributed by atoms with E-state index >= 15 is 0 Å². The molecule has 4 aliphatic carbocycles. The fraction of sp³-hybridized carbons (Fsp3) is 0.571. The summed E-state index contributed by atoms with van der Waals surface area (Å²) in [6.45, 7) is 0. The standard InChI is InChI=1S/C21H24N4O4S/c26-18(22-15-2-1-3-16(7-15)25(28)29)8-17-19(27)23-20(30-17)24-21-9-12-4-13(10-21)6-14(5-12)11-21/h1-3,7,12-14,17H,4-6,8-11H2,(H,22,26)(H,23,24,27). The molecule has 1 unspecified atom stereocenters. The molecule has 9 heteroatoms. The summed E-state index contributed by atoms with van der Waals surface area (Å²) in [5.41, 5.74) is 0.232. The average Bonchev–Trinajstić information content (AvgIpc) is 2.98. The molecule has 0 radical (unpaired) electrons. The van der Waals surface area contributed by atoms with Gasteiger partial charge in [-0.05, 0) is 62.3 Å². The van der Waals surface area contributed by atoms with E-state index in [2.05, 4.69) is 10.6 Å². The number of benzene rings is 1. The van der Waals surface area contributed by atoms with E-state index in [1.807, 2.05) is 0 Å². The summed E-state index contributed by atoms with van der Waals surface area (Å²) in [6.07, 6.45) is 7.38. The van der Waals surface area contributed by atoms with Crippen LogP contribution in [0.3, 0.4) is 0 Å². The number of non-ortho nitro benzene ring substituents is 1. The Morgan fingerprint density at radius 1 is 1.23 bits per heavy atom. The molecule has 6 rings (SSSR count). The lowest BCUT2D eigenvalue weighted by Gasteiger charge is -2.55. The van der Waals surface area contributed by atoms with Crippen LogP contribution in [0.2, 0.25) is 0 Å². The van der Waals surface area contributed by atoms with Crippen molar-refractivity contribution in [2.45, 2.75) is 55.7 Å². The van der Waals surface area contributed by atoms with E-state index in [1.165, 1.54) is 49.2 Å². The van der Waals surface area contributed by atoms with Crippen molar-refractivity contribution in [3.8, 4) is 0 Å². The van der Waals surface area contributed by atoms with Crippen LogP contribution < -0.4 is 10.6 Å². The lowest BCUT2D eigenvalue weighted by molar-refractivity contribution is -0.384. The van der Waals surface area contributed by atoms with Gasteiger partial charge in [-0.3, -0.25) is 24.7 Å². The van der Waals surface area contributed by atoms with Gasteiger partial charge in [0.25, 0.3) is 5.69 Å². The number of hydrogen-bond donors (Lipinski definition) is 2. The highest BCUT2D eigenvalue weighted by molar-refractivity contribution is 8.15. The molecule has 2 amide bonds. The van der Waals surface area contributed by atoms with Crippen LogP contribution in [-0.2, 0) is 9.59 Å². The third-order valence-electron chi connectivity index (χ3n) is 6.83. The Morgan fingerprint density at radius 2 is 1.90 bits per heavy atom. The Labute approximate surface area is 178 Å². The molecule has 5 fully saturated rings. The number of amides is 2. The SMILES string of the molecule is O=C(CC1SC(=NC23CC4CC(CC(C4)C2)C3)NC1=O)Nc1cccc([N+](=O)[O-])c1. The molecule has 0 spiro atoms. The van der Waals surface area contributed by atoms with Gasteiger partial charge < -0.3 is 10.6 Å². The molecule has 4 bridgehead atoms. The number of nitrogens with zero attached hydrogens (tertiary/aromatic N) is 2. The van der Waals surface area contributed by atoms with Crippen LogP contribution in [0.5, 0.6) is 0 Å². The van der Waals surface area contributed by atoms with E-state index in [0.29, 0.717) is 10.9 Å². The second kappa shape index (κ2) is 7.37. The number of carbonyl (C=O) groups excluding carboxylic acids is 2. The maximum Gasteiger partial charge on any atom is 0.271 e. The zero-order chi connectivity index (χ0) is 20.9. The van der Waals surface area contributed by atoms with Crippen molar-refractivity contribution < 1.29 is 14.5 Å². The molecule has 4 saturated carbocycles. The normalized spacial score (nSPS) is 35.5. The lowest BCUT2D eigenvalue weighted by Crippen LogP contribution is -2.50. The lowest BCUT2D eigenvalue weighted by atomic mass is 9.53. The number of hydrogen-bond acceptors (Lipinski definition) is 6. The number of carbonyl (C=O) groups is 2. The van der Waals surface area contributed by atoms with E-state index in [9.17, 15) is 19.7 Å². The number of nitro benzene ring substituents is 1. The fourth-order valence-corrected chi connectivity index (χ4v) is 7.16. The summed E-state index contributed by atoms with van der Waals surface area (Å²) in [4.78, 5) is 40.2. The second-order valence-corrected chi connectivity index (χ2v) is 10.4. The first-order valence-electron chi connectivity index (χ1n) is 10.5. The minimum Gasteiger partial charge on any atom is -0.326 e. The van der Waals surface area contributed by atoms with Crippen molar-refractivity contribution in [1.82, 2.24) is 5.32 Å². The molecule has 1 atom stereocenters. The summed E-state index contributed by atoms with van der Waals surface area (Å²) in [5, 5.41) is 16.5. The van der Waals surface area contributed by atoms with E-state index < -0.39 is 10.2 Å². The van der Waals surface area contributed by atoms with Crippen LogP contribution in [0.4, 0.5) is 11.4 Å². The summed E-state index contributed by atoms with van der Waals surface area (Å²) < 4.78 is 0. The maximum absolute atomic E-state index is 12.4. The van der Waals surface area contributed by atoms with Crippen molar-refractivity contribution in [3.63, 3.8) is 0 Å². The van der Waals surface area contributed by atoms with Crippen LogP contribution in [-0.4, -0.2) is 32.7 Å². The monoisotopic (exact) mass is 428 g/mol. The summed E-state index contributed by atoms with van der Waals surface area (Å²) in [5.74, 6) is 1.79. The van der Waals surface area contributed by atoms with Crippen LogP contribution in [0.15, 0.2) is 29.3 Å². The van der Waals surface area contributed by atoms with Crippen molar-refractivity contribution in [2.75, 3.05) is 5.32 Å². The van der Waals surface area contributed by atoms with Crippen LogP contribution in [0.1, 0.15) is 44.9 Å². The maximum atomic E-state index is 12.4. The Kier molecular flexibility index (Phi) is 4.80. The van der Waals surface area contributed by atoms with E-state index in [1.54, 1.807) is 6.07 Å². The summed E-state index contributed by atoms with van der Waals surface area (Å²) >= 11 is 1.33. The van der Waals surface area contributed by atoms with Crippen LogP contribution in [0, 0.1) is 27.9 Å². The molecule has 5 aliphatic rings. The van der Waals surface area contributed by atoms with Crippen molar-refractivity contribution in [3.05, 3.63) is 34.4 Å². The van der Waals surface area contributed by atoms with Gasteiger partial charge in [0.1, 0.15) is 5.25 Å². The highest BCUT2D eigenvalue weighted by atomic mass is 32.2. The van der Waals surface area contributed by atoms with Gasteiger partial charge in [-0.15, -0.1) is 0 Å². The van der Waals surface area contributed by atoms with Gasteiger partial charge in [0, 0.05) is 24.2 Å². The molecule has 1 aromatic rings. The summed E-state index contributed by atoms with van der Waals surface area (Å²) in [6, 6.07) is 5.77. The highest BCUT2D eigenvalue weighted by Gasteiger charge is 2.51. The molecule has 158 valence electrons. The zero-order valence-corrected chi connectivity index (χ0v) is 17.3. The van der Waals surface area contributed by atoms with E-state index in [4.69, 9.17) is 4.99 Å². The number of rotatable bonds is 5. The highest BCUT2D eigenvalue weighted by Crippen LogP contribution is 2.57. The molecule has 2 N–H and O–H groups in total. The molecule has 30 heavy (non-hydrogen) atoms. The molecule has 1 heterocycles. The minimum absolute atomic E-state index is 0.000906. The Hall–Kier alpha value is -2.42. The van der Waals surface area contributed by atoms with Gasteiger partial charge in [-0.25, -0.2) is 0 Å². The van der Waals surface area contributed by atoms with Crippen LogP contribution >= 0.6 is 11.8 Å². The van der Waals surface area contributed by atoms with Crippen molar-refractivity contribution in [1.29, 1.82) is 0 Å². The predicted octanol–water partition coefficient (Wildman–Crippen LogP) is 3.48. The van der Waals surface area contributed by atoms with Crippen molar-refractivity contribution >= 4 is 40.1 Å². The van der Waals surface area contributed by atoms with Gasteiger partial charge in [0.2, 0.25) is 11.8 Å². The van der Waals surface area contributed by atoms with Gasteiger partial charge in [0.05, 0.1) is 10.5 Å². The first-order valence-corrected chi connectivity index (χ1v) is 11.4. The topological polar surface area (TPSA) is 114 Å². The average molecular weight is 429 g/mol. The molecular weight excluding hydrogens is 404 g/mol. The zero-order valence-electron chi connectivity index (χ0n) is 16.5. The quantitative estimate of drug-likeness (QED) is 0.551. The Morgan fingerprint density at radius 3 is 2.53 bits per heavy atom. The van der Waals surface area contributed by atoms with Gasteiger partial charge in [0.15, 0.2) is 5.17 Å². The first-order chi connectivity index (χ1) is 14.4. The predicted molar refractivity (Wildman–Crippen MR) is 114 cm³/mol. The number of thioether (sulfide) groups is 1. The number of aliphatic imine (C=N–C) groups is 1. The number of nitrogens with one attached hydrogen (secondary N) is 2. The van der Waals surface area contributed by atoms with Gasteiger partial charge in [-0.2, -0.15) is 0 Å². The third kappa shape index (κ3) is 3.82. The minimum atomic E-state index is -0.531. The number of amidine groups is 1. The second-order valence-electron chi connectivity index (χ2n) is 9.21. The number of nitro groups is 1. The van der Waals surface area contributed by atoms with E-state index in [-0.39, 0.29) is 29.5 Å². The van der Waals surface area contributed by atoms with Gasteiger partial charge in [-0.1, -0.05) is 17.8 Å². The fourth-order valence-electron chi connectivity index (χ4n) is 6.09. The molecule has 1 saturated heterocycles. The third-order valence-corrected chi connectivity index (χ3v) is 7.91. The van der Waals surface area contributed by atoms with Gasteiger partial charge >= 0.3 is 0 Å². The Bertz CT molecular complexity index is 911. The first kappa shape index (κ1) is 19.5. The molecule has 1 aliphatic heterocycles. The van der Waals surface area contributed by atoms with Crippen LogP contribution in [0.25, 0.3) is 0 Å². The van der Waals surface area contributed by atoms with E-state index in [0.717, 1.165) is 37.0 Å². The molecule has 0 aromatic heterocycles.